The molecule has 1 rings (SSSR count). The zero-order chi connectivity index (χ0) is 10.4. The van der Waals surface area contributed by atoms with Gasteiger partial charge in [-0.25, -0.2) is 4.39 Å². The van der Waals surface area contributed by atoms with Crippen LogP contribution in [0.25, 0.3) is 0 Å². The van der Waals surface area contributed by atoms with Gasteiger partial charge in [0.05, 0.1) is 0 Å². The van der Waals surface area contributed by atoms with Crippen LogP contribution in [0.15, 0.2) is 24.3 Å². The first kappa shape index (κ1) is 11.2. The standard InChI is InChI=1S/C11H12ClFO/c12-7-3-5-10(14)8-9-4-1-2-6-11(9)13/h1-2,4,6H,3,5,7-8H2. The molecule has 0 saturated heterocycles. The Balaban J connectivity index is 2.52. The Morgan fingerprint density at radius 2 is 2.07 bits per heavy atom. The molecule has 0 aliphatic carbocycles. The van der Waals surface area contributed by atoms with Gasteiger partial charge in [0.2, 0.25) is 0 Å². The van der Waals surface area contributed by atoms with Crippen molar-refractivity contribution in [3.8, 4) is 0 Å². The monoisotopic (exact) mass is 214 g/mol. The number of ketones is 1. The molecule has 0 saturated carbocycles. The van der Waals surface area contributed by atoms with E-state index < -0.39 is 0 Å². The maximum absolute atomic E-state index is 13.1. The molecule has 0 radical (unpaired) electrons. The van der Waals surface area contributed by atoms with Crippen molar-refractivity contribution < 1.29 is 9.18 Å². The highest BCUT2D eigenvalue weighted by Crippen LogP contribution is 2.09. The molecule has 14 heavy (non-hydrogen) atoms. The summed E-state index contributed by atoms with van der Waals surface area (Å²) in [4.78, 5) is 11.3. The lowest BCUT2D eigenvalue weighted by Gasteiger charge is -2.01. The van der Waals surface area contributed by atoms with E-state index in [-0.39, 0.29) is 18.0 Å². The van der Waals surface area contributed by atoms with Crippen molar-refractivity contribution in [1.29, 1.82) is 0 Å². The zero-order valence-corrected chi connectivity index (χ0v) is 8.56. The normalized spacial score (nSPS) is 10.1. The molecule has 0 heterocycles. The second kappa shape index (κ2) is 5.76. The van der Waals surface area contributed by atoms with Crippen LogP contribution in [0.3, 0.4) is 0 Å². The van der Waals surface area contributed by atoms with Gasteiger partial charge < -0.3 is 0 Å². The molecule has 0 atom stereocenters. The summed E-state index contributed by atoms with van der Waals surface area (Å²) in [6.45, 7) is 0. The summed E-state index contributed by atoms with van der Waals surface area (Å²) in [5, 5.41) is 0. The molecule has 0 unspecified atom stereocenters. The Morgan fingerprint density at radius 3 is 2.71 bits per heavy atom. The summed E-state index contributed by atoms with van der Waals surface area (Å²) in [5.74, 6) is 0.200. The fourth-order valence-corrected chi connectivity index (χ4v) is 1.34. The molecule has 3 heteroatoms. The highest BCUT2D eigenvalue weighted by molar-refractivity contribution is 6.17. The van der Waals surface area contributed by atoms with Crippen LogP contribution in [-0.4, -0.2) is 11.7 Å². The number of halogens is 2. The fourth-order valence-electron chi connectivity index (χ4n) is 1.21. The summed E-state index contributed by atoms with van der Waals surface area (Å²) in [6.07, 6.45) is 1.26. The third-order valence-corrected chi connectivity index (χ3v) is 2.20. The maximum atomic E-state index is 13.1. The Bertz CT molecular complexity index is 312. The summed E-state index contributed by atoms with van der Waals surface area (Å²) in [7, 11) is 0. The van der Waals surface area contributed by atoms with Crippen molar-refractivity contribution in [3.63, 3.8) is 0 Å². The highest BCUT2D eigenvalue weighted by Gasteiger charge is 2.06. The van der Waals surface area contributed by atoms with Crippen molar-refractivity contribution in [3.05, 3.63) is 35.6 Å². The molecule has 0 spiro atoms. The Morgan fingerprint density at radius 1 is 1.36 bits per heavy atom. The van der Waals surface area contributed by atoms with Gasteiger partial charge >= 0.3 is 0 Å². The van der Waals surface area contributed by atoms with E-state index >= 15 is 0 Å². The van der Waals surface area contributed by atoms with Crippen LogP contribution in [0.2, 0.25) is 0 Å². The summed E-state index contributed by atoms with van der Waals surface area (Å²) < 4.78 is 13.1. The van der Waals surface area contributed by atoms with E-state index in [1.807, 2.05) is 0 Å². The minimum Gasteiger partial charge on any atom is -0.299 e. The third kappa shape index (κ3) is 3.46. The van der Waals surface area contributed by atoms with Gasteiger partial charge in [0.25, 0.3) is 0 Å². The Labute approximate surface area is 87.9 Å². The second-order valence-corrected chi connectivity index (χ2v) is 3.48. The lowest BCUT2D eigenvalue weighted by molar-refractivity contribution is -0.118. The molecule has 0 bridgehead atoms. The zero-order valence-electron chi connectivity index (χ0n) is 7.80. The predicted octanol–water partition coefficient (Wildman–Crippen LogP) is 2.96. The molecule has 1 nitrogen and oxygen atoms in total. The lowest BCUT2D eigenvalue weighted by atomic mass is 10.1. The average Bonchev–Trinajstić information content (AvgIpc) is 2.18. The number of benzene rings is 1. The topological polar surface area (TPSA) is 17.1 Å². The van der Waals surface area contributed by atoms with E-state index in [1.165, 1.54) is 6.07 Å². The number of alkyl halides is 1. The molecule has 1 aromatic rings. The van der Waals surface area contributed by atoms with Crippen LogP contribution in [0.5, 0.6) is 0 Å². The van der Waals surface area contributed by atoms with Crippen LogP contribution >= 0.6 is 11.6 Å². The van der Waals surface area contributed by atoms with Gasteiger partial charge in [-0.15, -0.1) is 11.6 Å². The van der Waals surface area contributed by atoms with E-state index in [9.17, 15) is 9.18 Å². The lowest BCUT2D eigenvalue weighted by Crippen LogP contribution is -2.04. The van der Waals surface area contributed by atoms with Crippen molar-refractivity contribution in [2.45, 2.75) is 19.3 Å². The summed E-state index contributed by atoms with van der Waals surface area (Å²) in [6, 6.07) is 6.34. The average molecular weight is 215 g/mol. The number of hydrogen-bond donors (Lipinski definition) is 0. The first-order valence-corrected chi connectivity index (χ1v) is 5.08. The van der Waals surface area contributed by atoms with Crippen LogP contribution in [-0.2, 0) is 11.2 Å². The van der Waals surface area contributed by atoms with Crippen LogP contribution in [0, 0.1) is 5.82 Å². The van der Waals surface area contributed by atoms with Gasteiger partial charge in [0.1, 0.15) is 11.6 Å². The number of hydrogen-bond acceptors (Lipinski definition) is 1. The van der Waals surface area contributed by atoms with Crippen molar-refractivity contribution >= 4 is 17.4 Å². The maximum Gasteiger partial charge on any atom is 0.137 e. The third-order valence-electron chi connectivity index (χ3n) is 1.93. The van der Waals surface area contributed by atoms with Crippen molar-refractivity contribution in [1.82, 2.24) is 0 Å². The van der Waals surface area contributed by atoms with Gasteiger partial charge in [0, 0.05) is 18.7 Å². The van der Waals surface area contributed by atoms with Crippen LogP contribution < -0.4 is 0 Å². The van der Waals surface area contributed by atoms with Crippen LogP contribution in [0.1, 0.15) is 18.4 Å². The molecule has 0 aromatic heterocycles. The van der Waals surface area contributed by atoms with E-state index in [0.29, 0.717) is 24.3 Å². The number of carbonyl (C=O) groups is 1. The number of Topliss-reactive ketones (excluding diaryl/α,β-unsaturated/α-hetero) is 1. The van der Waals surface area contributed by atoms with E-state index in [0.717, 1.165) is 0 Å². The summed E-state index contributed by atoms with van der Waals surface area (Å²) >= 11 is 5.45. The smallest absolute Gasteiger partial charge is 0.137 e. The number of rotatable bonds is 5. The van der Waals surface area contributed by atoms with E-state index in [4.69, 9.17) is 11.6 Å². The molecular formula is C11H12ClFO. The molecular weight excluding hydrogens is 203 g/mol. The molecule has 0 fully saturated rings. The van der Waals surface area contributed by atoms with E-state index in [2.05, 4.69) is 0 Å². The first-order valence-electron chi connectivity index (χ1n) is 4.55. The predicted molar refractivity (Wildman–Crippen MR) is 55.1 cm³/mol. The fraction of sp³-hybridized carbons (Fsp3) is 0.364. The molecule has 1 aromatic carbocycles. The van der Waals surface area contributed by atoms with Crippen molar-refractivity contribution in [2.75, 3.05) is 5.88 Å². The van der Waals surface area contributed by atoms with Crippen LogP contribution in [0.4, 0.5) is 4.39 Å². The minimum atomic E-state index is -0.313. The minimum absolute atomic E-state index is 0.0377. The largest absolute Gasteiger partial charge is 0.299 e. The Hall–Kier alpha value is -0.890. The van der Waals surface area contributed by atoms with Gasteiger partial charge in [-0.05, 0) is 18.1 Å². The molecule has 0 amide bonds. The highest BCUT2D eigenvalue weighted by atomic mass is 35.5. The Kier molecular flexibility index (Phi) is 4.60. The van der Waals surface area contributed by atoms with Gasteiger partial charge in [0.15, 0.2) is 0 Å². The summed E-state index contributed by atoms with van der Waals surface area (Å²) in [5.41, 5.74) is 0.465. The second-order valence-electron chi connectivity index (χ2n) is 3.10. The quantitative estimate of drug-likeness (QED) is 0.689. The SMILES string of the molecule is O=C(CCCCl)Cc1ccccc1F. The van der Waals surface area contributed by atoms with E-state index in [1.54, 1.807) is 18.2 Å². The van der Waals surface area contributed by atoms with Gasteiger partial charge in [-0.2, -0.15) is 0 Å². The first-order chi connectivity index (χ1) is 6.74. The molecule has 0 N–H and O–H groups in total. The number of carbonyl (C=O) groups excluding carboxylic acids is 1. The molecule has 0 aliphatic heterocycles. The van der Waals surface area contributed by atoms with Gasteiger partial charge in [-0.3, -0.25) is 4.79 Å². The van der Waals surface area contributed by atoms with Crippen molar-refractivity contribution in [2.24, 2.45) is 0 Å². The molecule has 0 aliphatic rings. The van der Waals surface area contributed by atoms with Gasteiger partial charge in [-0.1, -0.05) is 18.2 Å². The molecule has 76 valence electrons.